The highest BCUT2D eigenvalue weighted by Gasteiger charge is 2.23. The lowest BCUT2D eigenvalue weighted by Crippen LogP contribution is -2.38. The maximum Gasteiger partial charge on any atom is 0.216 e. The van der Waals surface area contributed by atoms with E-state index in [4.69, 9.17) is 25.8 Å². The highest BCUT2D eigenvalue weighted by Crippen LogP contribution is 2.39. The number of hydrogen-bond donors (Lipinski definition) is 2. The normalized spacial score (nSPS) is 14.2. The summed E-state index contributed by atoms with van der Waals surface area (Å²) in [5, 5.41) is 16.0. The third kappa shape index (κ3) is 9.64. The quantitative estimate of drug-likeness (QED) is 0.124. The number of nitrogens with one attached hydrogen (secondary N) is 2. The Hall–Kier alpha value is -4.59. The zero-order valence-corrected chi connectivity index (χ0v) is 30.9. The molecule has 4 aromatic rings. The molecule has 2 N–H and O–H groups in total. The van der Waals surface area contributed by atoms with Crippen LogP contribution in [-0.4, -0.2) is 69.8 Å². The van der Waals surface area contributed by atoms with E-state index < -0.39 is 0 Å². The van der Waals surface area contributed by atoms with E-state index >= 15 is 0 Å². The summed E-state index contributed by atoms with van der Waals surface area (Å²) in [4.78, 5) is 16.3. The summed E-state index contributed by atoms with van der Waals surface area (Å²) in [7, 11) is 0. The molecule has 0 aliphatic carbocycles. The van der Waals surface area contributed by atoms with E-state index in [1.165, 1.54) is 34.9 Å². The first-order valence-corrected chi connectivity index (χ1v) is 18.6. The minimum Gasteiger partial charge on any atom is -0.488 e. The van der Waals surface area contributed by atoms with Gasteiger partial charge in [0.1, 0.15) is 24.7 Å². The van der Waals surface area contributed by atoms with Crippen LogP contribution in [0.5, 0.6) is 11.5 Å². The van der Waals surface area contributed by atoms with Gasteiger partial charge in [-0.25, -0.2) is 0 Å². The molecule has 4 aromatic carbocycles. The van der Waals surface area contributed by atoms with Gasteiger partial charge in [0.2, 0.25) is 5.91 Å². The molecule has 52 heavy (non-hydrogen) atoms. The number of anilines is 1. The van der Waals surface area contributed by atoms with Gasteiger partial charge in [-0.15, -0.1) is 0 Å². The molecular weight excluding hydrogens is 674 g/mol. The van der Waals surface area contributed by atoms with Gasteiger partial charge < -0.3 is 29.7 Å². The summed E-state index contributed by atoms with van der Waals surface area (Å²) in [6, 6.07) is 26.4. The molecule has 0 aromatic heterocycles. The standard InChI is InChI=1S/C42H48ClN5O4/c1-30-34(9-4-10-36(30)37-11-5-12-40-38(37)13-18-48(40)17-6-16-47-19-21-50-22-20-47)29-52-42-25-41(51-28-33-8-3-7-32(23-33)26-44)35(24-39(42)43)27-45-14-15-46-31(2)49/h3-5,7-12,23-25,45H,6,13-22,27-29H2,1-2H3,(H,46,49). The third-order valence-corrected chi connectivity index (χ3v) is 10.1. The molecule has 1 fully saturated rings. The lowest BCUT2D eigenvalue weighted by molar-refractivity contribution is -0.118. The van der Waals surface area contributed by atoms with Gasteiger partial charge >= 0.3 is 0 Å². The van der Waals surface area contributed by atoms with Gasteiger partial charge in [-0.2, -0.15) is 5.26 Å². The first-order valence-electron chi connectivity index (χ1n) is 18.2. The number of nitrogens with zero attached hydrogens (tertiary/aromatic N) is 3. The van der Waals surface area contributed by atoms with Crippen LogP contribution < -0.4 is 25.0 Å². The van der Waals surface area contributed by atoms with Crippen LogP contribution in [-0.2, 0) is 35.7 Å². The van der Waals surface area contributed by atoms with Crippen molar-refractivity contribution in [3.63, 3.8) is 0 Å². The number of nitriles is 1. The smallest absolute Gasteiger partial charge is 0.216 e. The Morgan fingerprint density at radius 3 is 2.52 bits per heavy atom. The number of amides is 1. The molecule has 272 valence electrons. The molecule has 1 amide bonds. The van der Waals surface area contributed by atoms with Crippen molar-refractivity contribution in [2.75, 3.05) is 63.9 Å². The van der Waals surface area contributed by atoms with Crippen LogP contribution in [0, 0.1) is 18.3 Å². The Kier molecular flexibility index (Phi) is 13.0. The molecule has 6 rings (SSSR count). The van der Waals surface area contributed by atoms with E-state index in [9.17, 15) is 10.1 Å². The van der Waals surface area contributed by atoms with E-state index in [0.717, 1.165) is 75.5 Å². The van der Waals surface area contributed by atoms with Crippen molar-refractivity contribution in [3.8, 4) is 28.7 Å². The van der Waals surface area contributed by atoms with Gasteiger partial charge in [0.05, 0.1) is 29.9 Å². The fourth-order valence-corrected chi connectivity index (χ4v) is 7.22. The van der Waals surface area contributed by atoms with Crippen molar-refractivity contribution in [1.29, 1.82) is 5.26 Å². The maximum atomic E-state index is 11.3. The average Bonchev–Trinajstić information content (AvgIpc) is 3.58. The summed E-state index contributed by atoms with van der Waals surface area (Å²) in [5.41, 5.74) is 9.89. The van der Waals surface area contributed by atoms with E-state index in [1.807, 2.05) is 30.3 Å². The number of ether oxygens (including phenoxy) is 3. The first kappa shape index (κ1) is 37.2. The second-order valence-electron chi connectivity index (χ2n) is 13.4. The van der Waals surface area contributed by atoms with Gasteiger partial charge in [-0.1, -0.05) is 54.1 Å². The van der Waals surface area contributed by atoms with Crippen LogP contribution in [0.15, 0.2) is 72.8 Å². The Morgan fingerprint density at radius 1 is 0.904 bits per heavy atom. The number of halogens is 1. The monoisotopic (exact) mass is 721 g/mol. The molecule has 2 heterocycles. The topological polar surface area (TPSA) is 99.1 Å². The van der Waals surface area contributed by atoms with Crippen LogP contribution in [0.2, 0.25) is 5.02 Å². The summed E-state index contributed by atoms with van der Waals surface area (Å²) in [6.07, 6.45) is 2.19. The number of rotatable bonds is 16. The highest BCUT2D eigenvalue weighted by atomic mass is 35.5. The second-order valence-corrected chi connectivity index (χ2v) is 13.8. The van der Waals surface area contributed by atoms with Crippen molar-refractivity contribution in [2.24, 2.45) is 0 Å². The zero-order chi connectivity index (χ0) is 36.3. The largest absolute Gasteiger partial charge is 0.488 e. The second kappa shape index (κ2) is 18.3. The number of benzene rings is 4. The van der Waals surface area contributed by atoms with Crippen molar-refractivity contribution >= 4 is 23.2 Å². The molecule has 0 atom stereocenters. The van der Waals surface area contributed by atoms with E-state index in [0.29, 0.717) is 48.3 Å². The number of hydrogen-bond acceptors (Lipinski definition) is 8. The molecule has 0 bridgehead atoms. The van der Waals surface area contributed by atoms with Gasteiger partial charge in [0.15, 0.2) is 0 Å². The van der Waals surface area contributed by atoms with Crippen molar-refractivity contribution in [2.45, 2.75) is 46.4 Å². The van der Waals surface area contributed by atoms with Crippen LogP contribution >= 0.6 is 11.6 Å². The Labute approximate surface area is 312 Å². The van der Waals surface area contributed by atoms with E-state index in [1.54, 1.807) is 6.07 Å². The molecular formula is C42H48ClN5O4. The molecule has 0 saturated carbocycles. The van der Waals surface area contributed by atoms with Crippen LogP contribution in [0.25, 0.3) is 11.1 Å². The van der Waals surface area contributed by atoms with Crippen molar-refractivity contribution in [3.05, 3.63) is 111 Å². The zero-order valence-electron chi connectivity index (χ0n) is 30.2. The summed E-state index contributed by atoms with van der Waals surface area (Å²) < 4.78 is 18.2. The van der Waals surface area contributed by atoms with Crippen LogP contribution in [0.4, 0.5) is 5.69 Å². The number of fused-ring (bicyclic) bond motifs is 1. The minimum atomic E-state index is -0.0688. The highest BCUT2D eigenvalue weighted by molar-refractivity contribution is 6.32. The average molecular weight is 722 g/mol. The van der Waals surface area contributed by atoms with Crippen LogP contribution in [0.1, 0.15) is 46.7 Å². The Morgan fingerprint density at radius 2 is 1.69 bits per heavy atom. The molecule has 1 saturated heterocycles. The molecule has 0 unspecified atom stereocenters. The van der Waals surface area contributed by atoms with Gasteiger partial charge in [0, 0.05) is 76.6 Å². The van der Waals surface area contributed by atoms with Crippen LogP contribution in [0.3, 0.4) is 0 Å². The summed E-state index contributed by atoms with van der Waals surface area (Å²) in [5.74, 6) is 1.09. The number of morpholine rings is 1. The number of carbonyl (C=O) groups is 1. The fourth-order valence-electron chi connectivity index (χ4n) is 6.98. The molecule has 2 aliphatic rings. The Bertz CT molecular complexity index is 1890. The maximum absolute atomic E-state index is 11.3. The molecule has 0 radical (unpaired) electrons. The number of carbonyl (C=O) groups excluding carboxylic acids is 1. The molecule has 2 aliphatic heterocycles. The summed E-state index contributed by atoms with van der Waals surface area (Å²) in [6.45, 7) is 12.9. The lowest BCUT2D eigenvalue weighted by Gasteiger charge is -2.28. The predicted octanol–water partition coefficient (Wildman–Crippen LogP) is 6.66. The Balaban J connectivity index is 1.15. The van der Waals surface area contributed by atoms with E-state index in [-0.39, 0.29) is 12.5 Å². The third-order valence-electron chi connectivity index (χ3n) is 9.81. The van der Waals surface area contributed by atoms with Crippen molar-refractivity contribution < 1.29 is 19.0 Å². The molecule has 0 spiro atoms. The summed E-state index contributed by atoms with van der Waals surface area (Å²) >= 11 is 6.82. The van der Waals surface area contributed by atoms with Crippen molar-refractivity contribution in [1.82, 2.24) is 15.5 Å². The predicted molar refractivity (Wildman–Crippen MR) is 206 cm³/mol. The molecule has 9 nitrogen and oxygen atoms in total. The minimum absolute atomic E-state index is 0.0688. The lowest BCUT2D eigenvalue weighted by atomic mass is 9.92. The molecule has 10 heteroatoms. The first-order chi connectivity index (χ1) is 25.4. The van der Waals surface area contributed by atoms with Gasteiger partial charge in [-0.3, -0.25) is 9.69 Å². The van der Waals surface area contributed by atoms with Gasteiger partial charge in [-0.05, 0) is 77.4 Å². The fraction of sp³-hybridized carbons (Fsp3) is 0.381. The SMILES string of the molecule is CC(=O)NCCNCc1cc(Cl)c(OCc2cccc(-c3cccc4c3CCN4CCCN3CCOCC3)c2C)cc1OCc1cccc(C#N)c1. The van der Waals surface area contributed by atoms with E-state index in [2.05, 4.69) is 69.8 Å². The van der Waals surface area contributed by atoms with Gasteiger partial charge in [0.25, 0.3) is 0 Å².